The molecule has 0 aliphatic carbocycles. The summed E-state index contributed by atoms with van der Waals surface area (Å²) in [6.45, 7) is 3.95. The van der Waals surface area contributed by atoms with E-state index in [0.29, 0.717) is 5.82 Å². The highest BCUT2D eigenvalue weighted by Gasteiger charge is 2.04. The molecule has 0 radical (unpaired) electrons. The second kappa shape index (κ2) is 7.02. The number of rotatable bonds is 3. The van der Waals surface area contributed by atoms with Crippen molar-refractivity contribution in [2.24, 2.45) is 0 Å². The summed E-state index contributed by atoms with van der Waals surface area (Å²) in [5.41, 5.74) is 4.87. The highest BCUT2D eigenvalue weighted by Crippen LogP contribution is 2.23. The average Bonchev–Trinajstić information content (AvgIpc) is 3.00. The van der Waals surface area contributed by atoms with Crippen molar-refractivity contribution >= 4 is 24.6 Å². The Morgan fingerprint density at radius 3 is 2.43 bits per heavy atom. The predicted molar refractivity (Wildman–Crippen MR) is 91.2 cm³/mol. The summed E-state index contributed by atoms with van der Waals surface area (Å²) >= 11 is 0. The number of hydrogen-bond acceptors (Lipinski definition) is 5. The minimum absolute atomic E-state index is 0. The Labute approximate surface area is 139 Å². The maximum absolute atomic E-state index is 9.59. The van der Waals surface area contributed by atoms with E-state index in [1.165, 1.54) is 0 Å². The number of aryl methyl sites for hydroxylation is 2. The number of nitrogens with one attached hydrogen (secondary N) is 1. The van der Waals surface area contributed by atoms with Gasteiger partial charge in [-0.15, -0.1) is 22.6 Å². The summed E-state index contributed by atoms with van der Waals surface area (Å²) in [6, 6.07) is 5.45. The zero-order valence-corrected chi connectivity index (χ0v) is 13.5. The number of nitrogens with zero attached hydrogens (tertiary/aromatic N) is 4. The summed E-state index contributed by atoms with van der Waals surface area (Å²) in [4.78, 5) is 4.20. The van der Waals surface area contributed by atoms with E-state index in [9.17, 15) is 5.11 Å². The number of phenols is 1. The fourth-order valence-corrected chi connectivity index (χ4v) is 2.35. The zero-order chi connectivity index (χ0) is 15.5. The Morgan fingerprint density at radius 2 is 1.78 bits per heavy atom. The first-order valence-electron chi connectivity index (χ1n) is 6.80. The van der Waals surface area contributed by atoms with Crippen LogP contribution in [0.3, 0.4) is 0 Å². The first-order chi connectivity index (χ1) is 10.6. The van der Waals surface area contributed by atoms with Crippen molar-refractivity contribution in [1.82, 2.24) is 25.6 Å². The van der Waals surface area contributed by atoms with Crippen molar-refractivity contribution in [1.29, 1.82) is 0 Å². The summed E-state index contributed by atoms with van der Waals surface area (Å²) in [5, 5.41) is 23.5. The van der Waals surface area contributed by atoms with Crippen LogP contribution in [0.15, 0.2) is 30.6 Å². The molecule has 0 bridgehead atoms. The van der Waals surface area contributed by atoms with Crippen LogP contribution in [0.2, 0.25) is 0 Å². The molecule has 0 spiro atoms. The van der Waals surface area contributed by atoms with Crippen LogP contribution in [0.4, 0.5) is 0 Å². The number of tetrazole rings is 1. The van der Waals surface area contributed by atoms with E-state index in [0.717, 1.165) is 27.8 Å². The maximum Gasteiger partial charge on any atom is 0.206 e. The number of benzene rings is 1. The minimum Gasteiger partial charge on any atom is -0.508 e. The predicted octanol–water partition coefficient (Wildman–Crippen LogP) is 3.18. The maximum atomic E-state index is 9.59. The van der Waals surface area contributed by atoms with Gasteiger partial charge in [-0.3, -0.25) is 4.98 Å². The molecular formula is C16H16ClN5O. The van der Waals surface area contributed by atoms with Crippen LogP contribution >= 0.6 is 12.4 Å². The third kappa shape index (κ3) is 3.73. The first-order valence-corrected chi connectivity index (χ1v) is 6.80. The van der Waals surface area contributed by atoms with Crippen LogP contribution in [-0.4, -0.2) is 30.7 Å². The molecule has 3 rings (SSSR count). The molecule has 2 N–H and O–H groups in total. The number of aromatic hydroxyl groups is 1. The Balaban J connectivity index is 0.00000192. The molecule has 0 saturated carbocycles. The van der Waals surface area contributed by atoms with Crippen LogP contribution in [0, 0.1) is 13.8 Å². The molecule has 2 heterocycles. The zero-order valence-electron chi connectivity index (χ0n) is 12.7. The number of aromatic nitrogens is 5. The van der Waals surface area contributed by atoms with Crippen molar-refractivity contribution in [2.75, 3.05) is 0 Å². The second-order valence-electron chi connectivity index (χ2n) is 5.07. The molecule has 7 heteroatoms. The molecule has 0 unspecified atom stereocenters. The molecule has 0 aliphatic rings. The van der Waals surface area contributed by atoms with Crippen molar-refractivity contribution in [3.8, 4) is 17.1 Å². The van der Waals surface area contributed by atoms with Crippen LogP contribution in [0.5, 0.6) is 5.75 Å². The molecule has 0 aliphatic heterocycles. The van der Waals surface area contributed by atoms with Gasteiger partial charge >= 0.3 is 0 Å². The van der Waals surface area contributed by atoms with Crippen LogP contribution in [-0.2, 0) is 0 Å². The summed E-state index contributed by atoms with van der Waals surface area (Å²) in [6.07, 6.45) is 7.45. The van der Waals surface area contributed by atoms with Gasteiger partial charge in [0.05, 0.1) is 0 Å². The lowest BCUT2D eigenvalue weighted by molar-refractivity contribution is 0.474. The van der Waals surface area contributed by atoms with E-state index in [4.69, 9.17) is 0 Å². The van der Waals surface area contributed by atoms with Gasteiger partial charge in [0.2, 0.25) is 5.82 Å². The summed E-state index contributed by atoms with van der Waals surface area (Å²) in [5.74, 6) is 0.799. The van der Waals surface area contributed by atoms with Gasteiger partial charge in [0.25, 0.3) is 0 Å². The largest absolute Gasteiger partial charge is 0.508 e. The Bertz CT molecular complexity index is 807. The number of pyridine rings is 1. The van der Waals surface area contributed by atoms with Gasteiger partial charge in [-0.25, -0.2) is 0 Å². The lowest BCUT2D eigenvalue weighted by Gasteiger charge is -2.06. The molecule has 0 atom stereocenters. The van der Waals surface area contributed by atoms with Crippen molar-refractivity contribution < 1.29 is 5.11 Å². The van der Waals surface area contributed by atoms with Gasteiger partial charge in [-0.1, -0.05) is 12.2 Å². The number of hydrogen-bond donors (Lipinski definition) is 2. The van der Waals surface area contributed by atoms with Gasteiger partial charge in [0.15, 0.2) is 0 Å². The Kier molecular flexibility index (Phi) is 5.08. The Morgan fingerprint density at radius 1 is 1.04 bits per heavy atom. The third-order valence-corrected chi connectivity index (χ3v) is 3.38. The van der Waals surface area contributed by atoms with E-state index in [1.807, 2.05) is 32.1 Å². The monoisotopic (exact) mass is 329 g/mol. The molecule has 6 nitrogen and oxygen atoms in total. The molecular weight excluding hydrogens is 314 g/mol. The topological polar surface area (TPSA) is 87.6 Å². The van der Waals surface area contributed by atoms with E-state index in [1.54, 1.807) is 24.5 Å². The lowest BCUT2D eigenvalue weighted by Crippen LogP contribution is -1.87. The summed E-state index contributed by atoms with van der Waals surface area (Å²) < 4.78 is 0. The van der Waals surface area contributed by atoms with Gasteiger partial charge in [0.1, 0.15) is 5.75 Å². The van der Waals surface area contributed by atoms with Crippen molar-refractivity contribution in [3.05, 3.63) is 52.8 Å². The smallest absolute Gasteiger partial charge is 0.206 e. The lowest BCUT2D eigenvalue weighted by atomic mass is 10.0. The van der Waals surface area contributed by atoms with E-state index in [-0.39, 0.29) is 18.2 Å². The van der Waals surface area contributed by atoms with Gasteiger partial charge < -0.3 is 5.11 Å². The fourth-order valence-electron chi connectivity index (χ4n) is 2.35. The average molecular weight is 330 g/mol. The highest BCUT2D eigenvalue weighted by atomic mass is 35.5. The molecule has 1 aromatic carbocycles. The molecule has 0 saturated heterocycles. The van der Waals surface area contributed by atoms with Crippen molar-refractivity contribution in [2.45, 2.75) is 13.8 Å². The molecule has 3 aromatic rings. The number of H-pyrrole nitrogens is 1. The van der Waals surface area contributed by atoms with E-state index >= 15 is 0 Å². The molecule has 118 valence electrons. The molecule has 2 aromatic heterocycles. The van der Waals surface area contributed by atoms with Gasteiger partial charge in [-0.05, 0) is 59.5 Å². The van der Waals surface area contributed by atoms with Crippen molar-refractivity contribution in [3.63, 3.8) is 0 Å². The Hall–Kier alpha value is -2.73. The quantitative estimate of drug-likeness (QED) is 0.770. The highest BCUT2D eigenvalue weighted by molar-refractivity contribution is 5.85. The SMILES string of the molecule is Cc1cc(O)cc(C)c1/C=C/c1cncc(-c2nn[nH]n2)c1.Cl. The molecule has 0 fully saturated rings. The summed E-state index contributed by atoms with van der Waals surface area (Å²) in [7, 11) is 0. The second-order valence-corrected chi connectivity index (χ2v) is 5.07. The van der Waals surface area contributed by atoms with Gasteiger partial charge in [0, 0.05) is 18.0 Å². The third-order valence-electron chi connectivity index (χ3n) is 3.38. The molecule has 0 amide bonds. The first kappa shape index (κ1) is 16.6. The van der Waals surface area contributed by atoms with E-state index < -0.39 is 0 Å². The number of phenolic OH excluding ortho intramolecular Hbond substituents is 1. The number of halogens is 1. The number of aromatic amines is 1. The molecule has 23 heavy (non-hydrogen) atoms. The fraction of sp³-hybridized carbons (Fsp3) is 0.125. The van der Waals surface area contributed by atoms with Crippen LogP contribution in [0.25, 0.3) is 23.5 Å². The normalized spacial score (nSPS) is 10.7. The van der Waals surface area contributed by atoms with Gasteiger partial charge in [-0.2, -0.15) is 5.21 Å². The minimum atomic E-state index is 0. The van der Waals surface area contributed by atoms with E-state index in [2.05, 4.69) is 25.6 Å². The van der Waals surface area contributed by atoms with Crippen LogP contribution in [0.1, 0.15) is 22.3 Å². The van der Waals surface area contributed by atoms with Crippen LogP contribution < -0.4 is 0 Å². The standard InChI is InChI=1S/C16H15N5O.ClH/c1-10-5-14(22)6-11(2)15(10)4-3-12-7-13(9-17-8-12)16-18-20-21-19-16;/h3-9,22H,1-2H3,(H,18,19,20,21);1H/b4-3+;.